The molecular formula is C11H11BrClNO. The molecule has 3 rings (SSSR count). The molecule has 1 N–H and O–H groups in total. The first-order valence-corrected chi connectivity index (χ1v) is 6.23. The van der Waals surface area contributed by atoms with Crippen molar-refractivity contribution < 1.29 is 4.74 Å². The molecule has 1 unspecified atom stereocenters. The smallest absolute Gasteiger partial charge is 0.0784 e. The molecule has 2 heterocycles. The molecule has 15 heavy (non-hydrogen) atoms. The predicted octanol–water partition coefficient (Wildman–Crippen LogP) is 2.69. The van der Waals surface area contributed by atoms with Crippen LogP contribution in [-0.2, 0) is 11.3 Å². The average molecular weight is 289 g/mol. The van der Waals surface area contributed by atoms with Crippen LogP contribution >= 0.6 is 27.5 Å². The highest BCUT2D eigenvalue weighted by Gasteiger charge is 2.35. The summed E-state index contributed by atoms with van der Waals surface area (Å²) in [5, 5.41) is 4.16. The summed E-state index contributed by atoms with van der Waals surface area (Å²) < 4.78 is 6.75. The number of rotatable bonds is 0. The van der Waals surface area contributed by atoms with Gasteiger partial charge in [0.15, 0.2) is 0 Å². The number of benzene rings is 1. The van der Waals surface area contributed by atoms with Gasteiger partial charge in [0, 0.05) is 29.0 Å². The number of ether oxygens (including phenoxy) is 1. The van der Waals surface area contributed by atoms with E-state index in [9.17, 15) is 0 Å². The van der Waals surface area contributed by atoms with Crippen LogP contribution in [0.4, 0.5) is 0 Å². The van der Waals surface area contributed by atoms with Crippen molar-refractivity contribution in [2.24, 2.45) is 0 Å². The summed E-state index contributed by atoms with van der Waals surface area (Å²) in [5.74, 6) is 0.472. The lowest BCUT2D eigenvalue weighted by molar-refractivity contribution is 0.0299. The number of nitrogens with one attached hydrogen (secondary N) is 1. The van der Waals surface area contributed by atoms with Crippen molar-refractivity contribution >= 4 is 27.5 Å². The first-order valence-electron chi connectivity index (χ1n) is 5.06. The van der Waals surface area contributed by atoms with Crippen molar-refractivity contribution in [2.45, 2.75) is 18.6 Å². The summed E-state index contributed by atoms with van der Waals surface area (Å²) in [5.41, 5.74) is 2.50. The predicted molar refractivity (Wildman–Crippen MR) is 63.3 cm³/mol. The number of halogens is 2. The van der Waals surface area contributed by atoms with Gasteiger partial charge < -0.3 is 10.1 Å². The molecule has 0 saturated carbocycles. The van der Waals surface area contributed by atoms with E-state index in [-0.39, 0.29) is 0 Å². The molecule has 2 aliphatic heterocycles. The molecule has 0 spiro atoms. The van der Waals surface area contributed by atoms with E-state index in [1.54, 1.807) is 0 Å². The first-order chi connectivity index (χ1) is 7.27. The molecule has 1 aromatic rings. The van der Waals surface area contributed by atoms with Gasteiger partial charge in [-0.15, -0.1) is 0 Å². The van der Waals surface area contributed by atoms with Crippen LogP contribution in [0.25, 0.3) is 0 Å². The molecule has 0 amide bonds. The van der Waals surface area contributed by atoms with E-state index in [1.807, 2.05) is 6.07 Å². The Hall–Kier alpha value is -0.0900. The van der Waals surface area contributed by atoms with E-state index < -0.39 is 0 Å². The maximum Gasteiger partial charge on any atom is 0.0784 e. The maximum absolute atomic E-state index is 6.25. The molecule has 2 nitrogen and oxygen atoms in total. The Balaban J connectivity index is 2.11. The van der Waals surface area contributed by atoms with Gasteiger partial charge >= 0.3 is 0 Å². The molecule has 1 aromatic carbocycles. The number of fused-ring (bicyclic) bond motifs is 3. The van der Waals surface area contributed by atoms with Crippen molar-refractivity contribution in [3.63, 3.8) is 0 Å². The van der Waals surface area contributed by atoms with E-state index in [1.165, 1.54) is 5.56 Å². The van der Waals surface area contributed by atoms with Gasteiger partial charge in [-0.25, -0.2) is 0 Å². The highest BCUT2D eigenvalue weighted by atomic mass is 79.9. The Bertz CT molecular complexity index is 410. The molecule has 1 saturated heterocycles. The summed E-state index contributed by atoms with van der Waals surface area (Å²) in [7, 11) is 0. The number of hydrogen-bond donors (Lipinski definition) is 1. The SMILES string of the molecule is Clc1c(Br)ccc2c1CO[C@H]1CNCC21. The molecule has 1 fully saturated rings. The second-order valence-corrected chi connectivity index (χ2v) is 5.28. The van der Waals surface area contributed by atoms with Crippen LogP contribution in [0.15, 0.2) is 16.6 Å². The highest BCUT2D eigenvalue weighted by Crippen LogP contribution is 2.39. The van der Waals surface area contributed by atoms with Crippen LogP contribution in [0, 0.1) is 0 Å². The van der Waals surface area contributed by atoms with Gasteiger partial charge in [0.25, 0.3) is 0 Å². The molecule has 0 aromatic heterocycles. The number of hydrogen-bond acceptors (Lipinski definition) is 2. The van der Waals surface area contributed by atoms with E-state index in [4.69, 9.17) is 16.3 Å². The van der Waals surface area contributed by atoms with Crippen LogP contribution in [0.2, 0.25) is 5.02 Å². The molecular weight excluding hydrogens is 277 g/mol. The third-order valence-electron chi connectivity index (χ3n) is 3.23. The Labute approximate surface area is 102 Å². The summed E-state index contributed by atoms with van der Waals surface area (Å²) in [6.45, 7) is 2.59. The van der Waals surface area contributed by atoms with Crippen LogP contribution < -0.4 is 5.32 Å². The molecule has 80 valence electrons. The normalized spacial score (nSPS) is 28.7. The lowest BCUT2D eigenvalue weighted by Gasteiger charge is -2.28. The Morgan fingerprint density at radius 1 is 1.40 bits per heavy atom. The van der Waals surface area contributed by atoms with Crippen LogP contribution in [0.3, 0.4) is 0 Å². The molecule has 0 bridgehead atoms. The summed E-state index contributed by atoms with van der Waals surface area (Å²) in [6, 6.07) is 4.19. The molecule has 2 aliphatic rings. The zero-order valence-electron chi connectivity index (χ0n) is 8.09. The van der Waals surface area contributed by atoms with E-state index in [0.717, 1.165) is 28.1 Å². The topological polar surface area (TPSA) is 21.3 Å². The molecule has 0 aliphatic carbocycles. The van der Waals surface area contributed by atoms with Gasteiger partial charge in [-0.05, 0) is 27.6 Å². The Morgan fingerprint density at radius 2 is 2.27 bits per heavy atom. The lowest BCUT2D eigenvalue weighted by atomic mass is 9.90. The fourth-order valence-electron chi connectivity index (χ4n) is 2.43. The third-order valence-corrected chi connectivity index (χ3v) is 4.55. The van der Waals surface area contributed by atoms with Crippen molar-refractivity contribution in [3.8, 4) is 0 Å². The Morgan fingerprint density at radius 3 is 3.13 bits per heavy atom. The van der Waals surface area contributed by atoms with Crippen molar-refractivity contribution in [3.05, 3.63) is 32.8 Å². The van der Waals surface area contributed by atoms with Gasteiger partial charge in [-0.2, -0.15) is 0 Å². The van der Waals surface area contributed by atoms with Gasteiger partial charge in [0.1, 0.15) is 0 Å². The minimum Gasteiger partial charge on any atom is -0.371 e. The second kappa shape index (κ2) is 3.74. The van der Waals surface area contributed by atoms with Crippen LogP contribution in [0.1, 0.15) is 17.0 Å². The van der Waals surface area contributed by atoms with Crippen molar-refractivity contribution in [1.29, 1.82) is 0 Å². The standard InChI is InChI=1S/C11H11BrClNO/c12-9-2-1-6-7-3-14-4-10(7)15-5-8(6)11(9)13/h1-2,7,10,14H,3-5H2/t7?,10-/m0/s1. The molecule has 4 heteroatoms. The highest BCUT2D eigenvalue weighted by molar-refractivity contribution is 9.10. The van der Waals surface area contributed by atoms with Gasteiger partial charge in [0.05, 0.1) is 17.7 Å². The minimum absolute atomic E-state index is 0.328. The van der Waals surface area contributed by atoms with E-state index in [2.05, 4.69) is 27.3 Å². The third kappa shape index (κ3) is 1.53. The maximum atomic E-state index is 6.25. The van der Waals surface area contributed by atoms with Crippen LogP contribution in [-0.4, -0.2) is 19.2 Å². The second-order valence-electron chi connectivity index (χ2n) is 4.04. The van der Waals surface area contributed by atoms with Crippen LogP contribution in [0.5, 0.6) is 0 Å². The average Bonchev–Trinajstić information content (AvgIpc) is 2.71. The van der Waals surface area contributed by atoms with Gasteiger partial charge in [0.2, 0.25) is 0 Å². The van der Waals surface area contributed by atoms with Gasteiger partial charge in [-0.1, -0.05) is 17.7 Å². The zero-order valence-corrected chi connectivity index (χ0v) is 10.4. The monoisotopic (exact) mass is 287 g/mol. The first kappa shape index (κ1) is 10.1. The fraction of sp³-hybridized carbons (Fsp3) is 0.455. The zero-order chi connectivity index (χ0) is 10.4. The fourth-order valence-corrected chi connectivity index (χ4v) is 3.03. The molecule has 2 atom stereocenters. The Kier molecular flexibility index (Phi) is 2.51. The van der Waals surface area contributed by atoms with Crippen molar-refractivity contribution in [2.75, 3.05) is 13.1 Å². The minimum atomic E-state index is 0.328. The van der Waals surface area contributed by atoms with E-state index >= 15 is 0 Å². The largest absolute Gasteiger partial charge is 0.371 e. The molecule has 0 radical (unpaired) electrons. The van der Waals surface area contributed by atoms with Gasteiger partial charge in [-0.3, -0.25) is 0 Å². The summed E-state index contributed by atoms with van der Waals surface area (Å²) in [4.78, 5) is 0. The van der Waals surface area contributed by atoms with E-state index in [0.29, 0.717) is 18.6 Å². The summed E-state index contributed by atoms with van der Waals surface area (Å²) >= 11 is 9.70. The van der Waals surface area contributed by atoms with Crippen molar-refractivity contribution in [1.82, 2.24) is 5.32 Å². The lowest BCUT2D eigenvalue weighted by Crippen LogP contribution is -2.27. The quantitative estimate of drug-likeness (QED) is 0.792. The summed E-state index contributed by atoms with van der Waals surface area (Å²) in [6.07, 6.45) is 0.328.